The minimum atomic E-state index is -1.13. The SMILES string of the molecule is CCC1(CC)C(=O)N(CC(=O)NC2CC2)c2cc3c4c([nH]c3cc21)-c1[nH]ncc1CCC4.CCC1(CC)C(=O)N(CC(=O)NC2CC2)c2cc3c4c([nH]c3cc21)-c1nn(COCC[Si](C)(C)C)cc1CCC4.CCC1(CC)C(=O)Nc2cc3c4c([nH]c3cc21)-c1[nH][n+](COCC[Si](C)(C)C)cc1CCC4.O=C(CCl)NC1CC1.O=CO[O-].[Cs+].[Cs+].[H-]. The van der Waals surface area contributed by atoms with Crippen molar-refractivity contribution in [2.75, 3.05) is 47.3 Å². The number of aromatic nitrogens is 9. The first-order chi connectivity index (χ1) is 56.2. The third kappa shape index (κ3) is 19.8. The molecule has 0 spiro atoms. The third-order valence-electron chi connectivity index (χ3n) is 25.7. The van der Waals surface area contributed by atoms with E-state index < -0.39 is 32.4 Å². The molecule has 9 heterocycles. The van der Waals surface area contributed by atoms with E-state index in [9.17, 15) is 28.8 Å². The van der Waals surface area contributed by atoms with E-state index in [-0.39, 0.29) is 212 Å². The van der Waals surface area contributed by atoms with Gasteiger partial charge in [-0.1, -0.05) is 85.5 Å². The molecule has 628 valence electrons. The molecule has 0 atom stereocenters. The summed E-state index contributed by atoms with van der Waals surface area (Å²) >= 11 is 5.21. The normalized spacial score (nSPS) is 17.2. The van der Waals surface area contributed by atoms with Crippen molar-refractivity contribution in [3.8, 4) is 34.2 Å². The summed E-state index contributed by atoms with van der Waals surface area (Å²) in [4.78, 5) is 102. The quantitative estimate of drug-likeness (QED) is 0.00508. The number of hydrogen-bond donors (Lipinski definition) is 9. The molecule has 3 fully saturated rings. The summed E-state index contributed by atoms with van der Waals surface area (Å²) in [6.07, 6.45) is 26.3. The number of H-pyrrole nitrogens is 5. The van der Waals surface area contributed by atoms with Gasteiger partial charge in [0.25, 0.3) is 13.2 Å². The molecule has 9 aliphatic rings. The van der Waals surface area contributed by atoms with E-state index in [4.69, 9.17) is 36.2 Å². The Bertz CT molecular complexity index is 5250. The van der Waals surface area contributed by atoms with Crippen LogP contribution in [0, 0.1) is 0 Å². The number of amides is 6. The van der Waals surface area contributed by atoms with Crippen LogP contribution in [0.4, 0.5) is 17.1 Å². The molecule has 3 saturated carbocycles. The van der Waals surface area contributed by atoms with E-state index in [1.165, 1.54) is 56.2 Å². The Morgan fingerprint density at radius 1 is 0.588 bits per heavy atom. The van der Waals surface area contributed by atoms with Gasteiger partial charge in [0.2, 0.25) is 41.6 Å². The number of nitrogens with zero attached hydrogens (tertiary/aromatic N) is 6. The second kappa shape index (κ2) is 39.2. The summed E-state index contributed by atoms with van der Waals surface area (Å²) in [6.45, 7) is 29.4. The van der Waals surface area contributed by atoms with Gasteiger partial charge in [0, 0.05) is 102 Å². The van der Waals surface area contributed by atoms with Crippen molar-refractivity contribution in [3.05, 3.63) is 105 Å². The van der Waals surface area contributed by atoms with Crippen molar-refractivity contribution in [2.24, 2.45) is 0 Å². The van der Waals surface area contributed by atoms with Crippen LogP contribution in [0.5, 0.6) is 0 Å². The number of nitrogens with one attached hydrogen (secondary N) is 9. The molecule has 0 unspecified atom stereocenters. The molecule has 9 aromatic rings. The first kappa shape index (κ1) is 93.1. The van der Waals surface area contributed by atoms with Crippen molar-refractivity contribution < 1.29 is 197 Å². The number of carbonyl (C=O) groups is 7. The number of hydrogen-bond acceptors (Lipinski definition) is 13. The van der Waals surface area contributed by atoms with Crippen LogP contribution in [0.3, 0.4) is 0 Å². The van der Waals surface area contributed by atoms with Crippen LogP contribution in [-0.2, 0) is 116 Å². The number of carbonyl (C=O) groups excluding carboxylic acids is 7. The van der Waals surface area contributed by atoms with Gasteiger partial charge in [-0.2, -0.15) is 15.3 Å². The summed E-state index contributed by atoms with van der Waals surface area (Å²) in [6, 6.07) is 16.4. The molecule has 9 N–H and O–H groups in total. The van der Waals surface area contributed by atoms with Crippen LogP contribution in [-0.4, -0.2) is 148 Å². The summed E-state index contributed by atoms with van der Waals surface area (Å²) in [5, 5.41) is 40.0. The van der Waals surface area contributed by atoms with Crippen LogP contribution >= 0.6 is 11.6 Å². The largest absolute Gasteiger partial charge is 1.00 e. The molecule has 3 aliphatic heterocycles. The maximum Gasteiger partial charge on any atom is 1.00 e. The minimum absolute atomic E-state index is 0. The Balaban J connectivity index is 0.000000163. The summed E-state index contributed by atoms with van der Waals surface area (Å²) < 4.78 is 16.0. The van der Waals surface area contributed by atoms with E-state index >= 15 is 0 Å². The molecule has 6 amide bonds. The maximum absolute atomic E-state index is 13.9. The molecule has 26 nitrogen and oxygen atoms in total. The molecule has 3 aromatic carbocycles. The van der Waals surface area contributed by atoms with Gasteiger partial charge in [-0.25, -0.2) is 4.68 Å². The van der Waals surface area contributed by atoms with Crippen LogP contribution in [0.2, 0.25) is 51.4 Å². The van der Waals surface area contributed by atoms with E-state index in [0.717, 1.165) is 212 Å². The van der Waals surface area contributed by atoms with E-state index in [0.29, 0.717) is 45.2 Å². The summed E-state index contributed by atoms with van der Waals surface area (Å²) in [5.41, 5.74) is 21.9. The Morgan fingerprint density at radius 3 is 1.51 bits per heavy atom. The molecular weight excluding hydrogens is 1800 g/mol. The smallest absolute Gasteiger partial charge is 1.00 e. The van der Waals surface area contributed by atoms with Gasteiger partial charge in [0.1, 0.15) is 37.1 Å². The van der Waals surface area contributed by atoms with E-state index in [1.807, 2.05) is 10.9 Å². The minimum Gasteiger partial charge on any atom is -1.00 e. The van der Waals surface area contributed by atoms with Crippen LogP contribution < -0.4 is 179 Å². The number of halogens is 1. The summed E-state index contributed by atoms with van der Waals surface area (Å²) in [7, 11) is -2.21. The van der Waals surface area contributed by atoms with Crippen LogP contribution in [0.25, 0.3) is 66.9 Å². The molecule has 119 heavy (non-hydrogen) atoms. The molecule has 6 aromatic heterocycles. The molecular formula is C88H119ClCs2N15O11Si2+. The average Bonchev–Trinajstić information content (AvgIpc) is 1.56. The second-order valence-corrected chi connectivity index (χ2v) is 47.4. The maximum atomic E-state index is 13.9. The average molecular weight is 1920 g/mol. The van der Waals surface area contributed by atoms with Gasteiger partial charge >= 0.3 is 138 Å². The van der Waals surface area contributed by atoms with Gasteiger partial charge in [0.15, 0.2) is 0 Å². The van der Waals surface area contributed by atoms with E-state index in [1.54, 1.807) is 9.80 Å². The van der Waals surface area contributed by atoms with Crippen LogP contribution in [0.15, 0.2) is 55.0 Å². The second-order valence-electron chi connectivity index (χ2n) is 35.8. The number of alkyl halides is 1. The first-order valence-corrected chi connectivity index (χ1v) is 50.7. The third-order valence-corrected chi connectivity index (χ3v) is 29.3. The molecule has 0 bridgehead atoms. The zero-order valence-electron chi connectivity index (χ0n) is 73.3. The number of rotatable bonds is 25. The van der Waals surface area contributed by atoms with Crippen LogP contribution in [0.1, 0.15) is 189 Å². The van der Waals surface area contributed by atoms with Crippen molar-refractivity contribution in [3.63, 3.8) is 0 Å². The van der Waals surface area contributed by atoms with Crippen molar-refractivity contribution in [2.45, 2.75) is 276 Å². The Kier molecular flexibility index (Phi) is 30.7. The number of aromatic amines is 5. The van der Waals surface area contributed by atoms with E-state index in [2.05, 4.69) is 191 Å². The zero-order valence-corrected chi connectivity index (χ0v) is 87.6. The van der Waals surface area contributed by atoms with Gasteiger partial charge in [-0.3, -0.25) is 38.7 Å². The number of ether oxygens (including phenoxy) is 2. The number of anilines is 3. The van der Waals surface area contributed by atoms with Crippen molar-refractivity contribution in [1.29, 1.82) is 0 Å². The van der Waals surface area contributed by atoms with Gasteiger partial charge in [-0.05, 0) is 228 Å². The van der Waals surface area contributed by atoms with Gasteiger partial charge in [0.05, 0.1) is 51.8 Å². The predicted octanol–water partition coefficient (Wildman–Crippen LogP) is 7.57. The fraction of sp³-hybridized carbons (Fsp3) is 0.545. The summed E-state index contributed by atoms with van der Waals surface area (Å²) in [5.74, 6) is 0.156. The molecule has 18 rings (SSSR count). The monoisotopic (exact) mass is 1920 g/mol. The molecule has 31 heteroatoms. The molecule has 0 radical (unpaired) electrons. The number of benzene rings is 3. The molecule has 6 aliphatic carbocycles. The fourth-order valence-corrected chi connectivity index (χ4v) is 19.9. The zero-order chi connectivity index (χ0) is 83.0. The Labute approximate surface area is 823 Å². The van der Waals surface area contributed by atoms with Crippen molar-refractivity contribution in [1.82, 2.24) is 56.0 Å². The topological polar surface area (TPSA) is 338 Å². The van der Waals surface area contributed by atoms with Crippen molar-refractivity contribution >= 4 is 119 Å². The predicted molar refractivity (Wildman–Crippen MR) is 461 cm³/mol. The fourth-order valence-electron chi connectivity index (χ4n) is 18.3. The first-order valence-electron chi connectivity index (χ1n) is 42.7. The van der Waals surface area contributed by atoms with Gasteiger partial charge in [-0.15, -0.1) is 11.6 Å². The molecule has 0 saturated heterocycles. The number of aryl methyl sites for hydroxylation is 6. The van der Waals surface area contributed by atoms with Gasteiger partial charge < -0.3 is 67.1 Å². The Morgan fingerprint density at radius 2 is 1.03 bits per heavy atom. The Hall–Kier alpha value is -5.09. The standard InChI is InChI=1S/C31H43N5O3Si.C26H36N4O2Si.C25H29N5O2.C5H8ClNO.CH2O3.2Cs.H/c1-6-31(7-2)24-16-25-23(15-26(24)36(30(31)38)18-27(37)32-21-11-12-21)22-10-8-9-20-17-35(34-28(20)29(22)33-25)19-39-13-14-40(3,4)5;1-6-26(7-2)20-14-21-19(13-22(20)28-25(26)31)18-10-8-9-17-15-30(29-23(17)24(18)27-21)16-32-11-12-33(3,4)5;1-3-25(4-2)18-11-19-17(16-7-5-6-14-12-26-29-22(14)23(16)28-19)10-20(18)30(24(25)32)13-21(31)27-15-8-9-15;6-3-5(8)7-4-1-2-4;2-1-4-3;;;/h15-17,21,33H,6-14,18-19H2,1-5H3,(H,32,37);13-15H,6-12,16H2,1-5H3,(H2,27,28,29,31);10-12,15,28H,3-9,13H2,1-2H3,(H,26,29)(H,27,31);4H,1-3H2,(H,7,8);1,3H;;;/q;;;;;2*+1;-1. The number of fused-ring (bicyclic) bond motifs is 18.